The first-order valence-corrected chi connectivity index (χ1v) is 7.88. The average molecular weight is 381 g/mol. The van der Waals surface area contributed by atoms with Crippen molar-refractivity contribution in [2.75, 3.05) is 26.2 Å². The van der Waals surface area contributed by atoms with Crippen LogP contribution in [0.5, 0.6) is 5.75 Å². The van der Waals surface area contributed by atoms with Crippen LogP contribution in [0.2, 0.25) is 0 Å². The van der Waals surface area contributed by atoms with Crippen LogP contribution in [0.25, 0.3) is 0 Å². The smallest absolute Gasteiger partial charge is 0.445 e. The van der Waals surface area contributed by atoms with Gasteiger partial charge in [0.1, 0.15) is 12.4 Å². The first-order chi connectivity index (χ1) is 11.4. The number of alkyl halides is 3. The molecule has 0 unspecified atom stereocenters. The lowest BCUT2D eigenvalue weighted by Gasteiger charge is -2.33. The molecule has 2 aliphatic rings. The Morgan fingerprint density at radius 2 is 1.88 bits per heavy atom. The Kier molecular flexibility index (Phi) is 6.40. The van der Waals surface area contributed by atoms with Crippen LogP contribution in [0.1, 0.15) is 12.0 Å². The van der Waals surface area contributed by atoms with Gasteiger partial charge in [0.15, 0.2) is 0 Å². The van der Waals surface area contributed by atoms with Crippen molar-refractivity contribution in [2.45, 2.75) is 19.4 Å². The predicted molar refractivity (Wildman–Crippen MR) is 86.6 cm³/mol. The Morgan fingerprint density at radius 1 is 1.20 bits per heavy atom. The monoisotopic (exact) mass is 380 g/mol. The minimum atomic E-state index is -4.71. The summed E-state index contributed by atoms with van der Waals surface area (Å²) < 4.78 is 45.3. The van der Waals surface area contributed by atoms with Gasteiger partial charge in [0.25, 0.3) is 0 Å². The molecule has 2 fully saturated rings. The summed E-state index contributed by atoms with van der Waals surface area (Å²) in [6.07, 6.45) is -4.12. The van der Waals surface area contributed by atoms with Crippen molar-refractivity contribution < 1.29 is 27.4 Å². The normalized spacial score (nSPS) is 22.8. The third-order valence-electron chi connectivity index (χ3n) is 4.48. The first kappa shape index (κ1) is 19.7. The molecule has 1 aromatic rings. The molecule has 140 valence electrons. The molecule has 2 aliphatic heterocycles. The lowest BCUT2D eigenvalue weighted by molar-refractivity contribution is -0.274. The number of carbonyl (C=O) groups is 1. The third kappa shape index (κ3) is 5.40. The predicted octanol–water partition coefficient (Wildman–Crippen LogP) is 3.18. The summed E-state index contributed by atoms with van der Waals surface area (Å²) in [4.78, 5) is 13.8. The summed E-state index contributed by atoms with van der Waals surface area (Å²) >= 11 is 0. The Labute approximate surface area is 149 Å². The van der Waals surface area contributed by atoms with E-state index in [9.17, 15) is 18.0 Å². The van der Waals surface area contributed by atoms with Crippen molar-refractivity contribution in [1.29, 1.82) is 0 Å². The summed E-state index contributed by atoms with van der Waals surface area (Å²) in [6.45, 7) is 3.33. The highest BCUT2D eigenvalue weighted by molar-refractivity contribution is 5.85. The SMILES string of the molecule is Cl.O=C(OCc1ccc(OC(F)(F)F)cc1)N1CC[C@H]2CNC[C@@H]2C1. The minimum absolute atomic E-state index is 0. The van der Waals surface area contributed by atoms with Gasteiger partial charge in [-0.3, -0.25) is 0 Å². The molecule has 5 nitrogen and oxygen atoms in total. The van der Waals surface area contributed by atoms with E-state index in [-0.39, 0.29) is 30.9 Å². The first-order valence-electron chi connectivity index (χ1n) is 7.88. The maximum Gasteiger partial charge on any atom is 0.573 e. The molecule has 1 N–H and O–H groups in total. The number of hydrogen-bond acceptors (Lipinski definition) is 4. The number of benzene rings is 1. The third-order valence-corrected chi connectivity index (χ3v) is 4.48. The van der Waals surface area contributed by atoms with E-state index in [1.807, 2.05) is 0 Å². The van der Waals surface area contributed by atoms with Crippen molar-refractivity contribution in [3.05, 3.63) is 29.8 Å². The van der Waals surface area contributed by atoms with Gasteiger partial charge in [-0.05, 0) is 49.0 Å². The second kappa shape index (κ2) is 8.14. The molecule has 0 aromatic heterocycles. The van der Waals surface area contributed by atoms with Gasteiger partial charge in [-0.15, -0.1) is 25.6 Å². The van der Waals surface area contributed by atoms with Gasteiger partial charge >= 0.3 is 12.5 Å². The zero-order chi connectivity index (χ0) is 17.2. The van der Waals surface area contributed by atoms with Crippen molar-refractivity contribution in [3.63, 3.8) is 0 Å². The maximum atomic E-state index is 12.1. The molecule has 2 heterocycles. The second-order valence-corrected chi connectivity index (χ2v) is 6.16. The van der Waals surface area contributed by atoms with Crippen LogP contribution in [0.4, 0.5) is 18.0 Å². The minimum Gasteiger partial charge on any atom is -0.445 e. The van der Waals surface area contributed by atoms with E-state index in [4.69, 9.17) is 4.74 Å². The molecule has 0 radical (unpaired) electrons. The van der Waals surface area contributed by atoms with Crippen molar-refractivity contribution in [2.24, 2.45) is 11.8 Å². The molecule has 1 amide bonds. The van der Waals surface area contributed by atoms with E-state index in [0.29, 0.717) is 30.5 Å². The summed E-state index contributed by atoms with van der Waals surface area (Å²) in [6, 6.07) is 5.29. The Hall–Kier alpha value is -1.67. The lowest BCUT2D eigenvalue weighted by atomic mass is 9.89. The number of hydrogen-bond donors (Lipinski definition) is 1. The van der Waals surface area contributed by atoms with E-state index in [1.54, 1.807) is 4.90 Å². The molecular formula is C16H20ClF3N2O3. The maximum absolute atomic E-state index is 12.1. The molecule has 2 saturated heterocycles. The fraction of sp³-hybridized carbons (Fsp3) is 0.562. The molecule has 0 saturated carbocycles. The van der Waals surface area contributed by atoms with Crippen LogP contribution in [-0.4, -0.2) is 43.5 Å². The molecule has 1 aromatic carbocycles. The van der Waals surface area contributed by atoms with E-state index >= 15 is 0 Å². The molecule has 0 spiro atoms. The molecule has 9 heteroatoms. The van der Waals surface area contributed by atoms with Crippen molar-refractivity contribution >= 4 is 18.5 Å². The highest BCUT2D eigenvalue weighted by atomic mass is 35.5. The van der Waals surface area contributed by atoms with Gasteiger partial charge in [-0.25, -0.2) is 4.79 Å². The van der Waals surface area contributed by atoms with Crippen molar-refractivity contribution in [3.8, 4) is 5.75 Å². The van der Waals surface area contributed by atoms with Crippen LogP contribution < -0.4 is 10.1 Å². The summed E-state index contributed by atoms with van der Waals surface area (Å²) in [7, 11) is 0. The zero-order valence-electron chi connectivity index (χ0n) is 13.4. The van der Waals surface area contributed by atoms with Crippen LogP contribution in [-0.2, 0) is 11.3 Å². The fourth-order valence-corrected chi connectivity index (χ4v) is 3.22. The summed E-state index contributed by atoms with van der Waals surface area (Å²) in [5.74, 6) is 0.814. The van der Waals surface area contributed by atoms with E-state index < -0.39 is 6.36 Å². The van der Waals surface area contributed by atoms with Crippen LogP contribution in [0.3, 0.4) is 0 Å². The molecular weight excluding hydrogens is 361 g/mol. The van der Waals surface area contributed by atoms with Gasteiger partial charge in [0, 0.05) is 13.1 Å². The van der Waals surface area contributed by atoms with Crippen molar-refractivity contribution in [1.82, 2.24) is 10.2 Å². The second-order valence-electron chi connectivity index (χ2n) is 6.16. The fourth-order valence-electron chi connectivity index (χ4n) is 3.22. The van der Waals surface area contributed by atoms with Crippen LogP contribution in [0, 0.1) is 11.8 Å². The van der Waals surface area contributed by atoms with Gasteiger partial charge < -0.3 is 19.7 Å². The molecule has 0 bridgehead atoms. The average Bonchev–Trinajstić information content (AvgIpc) is 3.00. The van der Waals surface area contributed by atoms with Gasteiger partial charge in [0.05, 0.1) is 0 Å². The molecule has 25 heavy (non-hydrogen) atoms. The van der Waals surface area contributed by atoms with E-state index in [1.165, 1.54) is 24.3 Å². The number of likely N-dealkylation sites (tertiary alicyclic amines) is 1. The number of nitrogens with zero attached hydrogens (tertiary/aromatic N) is 1. The Bertz CT molecular complexity index is 583. The number of ether oxygens (including phenoxy) is 2. The molecule has 3 rings (SSSR count). The number of piperidine rings is 1. The summed E-state index contributed by atoms with van der Waals surface area (Å²) in [5.41, 5.74) is 0.607. The number of halogens is 4. The number of fused-ring (bicyclic) bond motifs is 1. The molecule has 0 aliphatic carbocycles. The van der Waals surface area contributed by atoms with E-state index in [2.05, 4.69) is 10.1 Å². The summed E-state index contributed by atoms with van der Waals surface area (Å²) in [5, 5.41) is 3.33. The van der Waals surface area contributed by atoms with E-state index in [0.717, 1.165) is 19.5 Å². The highest BCUT2D eigenvalue weighted by Gasteiger charge is 2.35. The standard InChI is InChI=1S/C16H19F3N2O3.ClH/c17-16(18,19)24-14-3-1-11(2-4-14)10-23-15(22)21-6-5-12-7-20-8-13(12)9-21;/h1-4,12-13,20H,5-10H2;1H/t12-,13+;/m0./s1. The number of amides is 1. The Morgan fingerprint density at radius 3 is 2.56 bits per heavy atom. The Balaban J connectivity index is 0.00000225. The van der Waals surface area contributed by atoms with Crippen LogP contribution in [0.15, 0.2) is 24.3 Å². The van der Waals surface area contributed by atoms with Crippen LogP contribution >= 0.6 is 12.4 Å². The number of nitrogens with one attached hydrogen (secondary N) is 1. The number of carbonyl (C=O) groups excluding carboxylic acids is 1. The quantitative estimate of drug-likeness (QED) is 0.875. The topological polar surface area (TPSA) is 50.8 Å². The largest absolute Gasteiger partial charge is 0.573 e. The van der Waals surface area contributed by atoms with Gasteiger partial charge in [0.2, 0.25) is 0 Å². The lowest BCUT2D eigenvalue weighted by Crippen LogP contribution is -2.43. The van der Waals surface area contributed by atoms with Gasteiger partial charge in [-0.1, -0.05) is 12.1 Å². The zero-order valence-corrected chi connectivity index (χ0v) is 14.2. The highest BCUT2D eigenvalue weighted by Crippen LogP contribution is 2.27. The van der Waals surface area contributed by atoms with Gasteiger partial charge in [-0.2, -0.15) is 0 Å². The number of rotatable bonds is 3. The molecule has 2 atom stereocenters.